The fourth-order valence-corrected chi connectivity index (χ4v) is 2.48. The van der Waals surface area contributed by atoms with E-state index in [-0.39, 0.29) is 18.1 Å². The van der Waals surface area contributed by atoms with Crippen molar-refractivity contribution in [3.8, 4) is 17.6 Å². The number of carbonyl (C=O) groups is 2. The first kappa shape index (κ1) is 19.6. The van der Waals surface area contributed by atoms with E-state index in [0.29, 0.717) is 17.1 Å². The lowest BCUT2D eigenvalue weighted by atomic mass is 10.2. The molecule has 0 aliphatic heterocycles. The molecule has 0 bridgehead atoms. The molecule has 0 unspecified atom stereocenters. The maximum absolute atomic E-state index is 12.4. The number of hydrogen-bond acceptors (Lipinski definition) is 5. The van der Waals surface area contributed by atoms with Crippen molar-refractivity contribution in [1.29, 1.82) is 0 Å². The quantitative estimate of drug-likeness (QED) is 0.634. The molecule has 2 amide bonds. The van der Waals surface area contributed by atoms with Gasteiger partial charge in [-0.25, -0.2) is 4.98 Å². The summed E-state index contributed by atoms with van der Waals surface area (Å²) in [5.74, 6) is 5.19. The van der Waals surface area contributed by atoms with Gasteiger partial charge in [-0.2, -0.15) is 0 Å². The molecule has 144 valence electrons. The Morgan fingerprint density at radius 2 is 2.00 bits per heavy atom. The first-order valence-corrected chi connectivity index (χ1v) is 8.72. The minimum Gasteiger partial charge on any atom is -0.487 e. The van der Waals surface area contributed by atoms with Gasteiger partial charge in [0.25, 0.3) is 5.91 Å². The van der Waals surface area contributed by atoms with Crippen LogP contribution in [0.1, 0.15) is 38.9 Å². The molecule has 0 radical (unpaired) electrons. The highest BCUT2D eigenvalue weighted by molar-refractivity contribution is 6.02. The van der Waals surface area contributed by atoms with Crippen molar-refractivity contribution in [2.75, 3.05) is 5.32 Å². The normalized spacial score (nSPS) is 9.83. The minimum absolute atomic E-state index is 0.232. The molecule has 0 saturated carbocycles. The van der Waals surface area contributed by atoms with E-state index >= 15 is 0 Å². The molecule has 0 atom stereocenters. The molecule has 0 aliphatic carbocycles. The number of benzene rings is 1. The molecule has 3 aromatic rings. The number of hydrogen-bond donors (Lipinski definition) is 2. The molecule has 29 heavy (non-hydrogen) atoms. The second kappa shape index (κ2) is 9.15. The lowest BCUT2D eigenvalue weighted by Crippen LogP contribution is -2.13. The molecule has 1 aromatic carbocycles. The Kier molecular flexibility index (Phi) is 6.18. The molecule has 0 saturated heterocycles. The van der Waals surface area contributed by atoms with Crippen LogP contribution in [0.4, 0.5) is 5.69 Å². The van der Waals surface area contributed by atoms with Gasteiger partial charge < -0.3 is 15.8 Å². The van der Waals surface area contributed by atoms with Gasteiger partial charge in [-0.05, 0) is 42.8 Å². The van der Waals surface area contributed by atoms with Crippen molar-refractivity contribution < 1.29 is 14.3 Å². The van der Waals surface area contributed by atoms with Crippen molar-refractivity contribution in [2.45, 2.75) is 13.5 Å². The lowest BCUT2D eigenvalue weighted by molar-refractivity contribution is 0.0996. The number of amides is 2. The molecule has 0 spiro atoms. The van der Waals surface area contributed by atoms with E-state index in [1.54, 1.807) is 43.5 Å². The highest BCUT2D eigenvalue weighted by atomic mass is 16.5. The molecule has 2 heterocycles. The van der Waals surface area contributed by atoms with Crippen molar-refractivity contribution in [3.63, 3.8) is 0 Å². The molecular formula is C22H18N4O3. The number of nitrogens with two attached hydrogens (primary N) is 1. The molecule has 2 aromatic heterocycles. The van der Waals surface area contributed by atoms with Gasteiger partial charge in [0.15, 0.2) is 0 Å². The Hall–Kier alpha value is -4.18. The largest absolute Gasteiger partial charge is 0.487 e. The van der Waals surface area contributed by atoms with Crippen LogP contribution in [-0.2, 0) is 6.61 Å². The third kappa shape index (κ3) is 5.40. The van der Waals surface area contributed by atoms with Crippen LogP contribution in [0.2, 0.25) is 0 Å². The maximum Gasteiger partial charge on any atom is 0.274 e. The predicted octanol–water partition coefficient (Wildman–Crippen LogP) is 2.78. The summed E-state index contributed by atoms with van der Waals surface area (Å²) in [6, 6.07) is 12.1. The summed E-state index contributed by atoms with van der Waals surface area (Å²) in [5.41, 5.74) is 7.99. The van der Waals surface area contributed by atoms with E-state index in [4.69, 9.17) is 10.5 Å². The molecule has 7 nitrogen and oxygen atoms in total. The van der Waals surface area contributed by atoms with Gasteiger partial charge in [0.05, 0.1) is 11.8 Å². The molecule has 0 fully saturated rings. The van der Waals surface area contributed by atoms with Crippen LogP contribution in [0, 0.1) is 11.8 Å². The summed E-state index contributed by atoms with van der Waals surface area (Å²) in [6.45, 7) is 1.97. The third-order valence-electron chi connectivity index (χ3n) is 3.85. The van der Waals surface area contributed by atoms with Gasteiger partial charge >= 0.3 is 0 Å². The van der Waals surface area contributed by atoms with Crippen LogP contribution in [0.5, 0.6) is 5.75 Å². The summed E-state index contributed by atoms with van der Waals surface area (Å²) in [5, 5.41) is 2.81. The number of aromatic nitrogens is 2. The Balaban J connectivity index is 1.64. The van der Waals surface area contributed by atoms with E-state index in [1.165, 1.54) is 18.5 Å². The minimum atomic E-state index is -0.573. The van der Waals surface area contributed by atoms with Crippen LogP contribution < -0.4 is 15.8 Å². The topological polar surface area (TPSA) is 107 Å². The third-order valence-corrected chi connectivity index (χ3v) is 3.85. The standard InChI is InChI=1S/C22H18N4O3/c1-2-4-15-7-8-20(25-11-15)22(28)26-18-6-3-5-16(9-18)14-29-19-10-17(21(23)27)12-24-13-19/h3,5-13H,14H2,1H3,(H2,23,27)(H,26,28). The van der Waals surface area contributed by atoms with Gasteiger partial charge in [-0.15, -0.1) is 5.92 Å². The SMILES string of the molecule is CC#Cc1ccc(C(=O)Nc2cccc(COc3cncc(C(N)=O)c3)c2)nc1. The molecule has 3 N–H and O–H groups in total. The van der Waals surface area contributed by atoms with E-state index in [1.807, 2.05) is 6.07 Å². The molecule has 7 heteroatoms. The van der Waals surface area contributed by atoms with E-state index in [0.717, 1.165) is 11.1 Å². The average Bonchev–Trinajstić information content (AvgIpc) is 2.73. The number of pyridine rings is 2. The van der Waals surface area contributed by atoms with Gasteiger partial charge in [0, 0.05) is 23.6 Å². The van der Waals surface area contributed by atoms with Crippen molar-refractivity contribution in [1.82, 2.24) is 9.97 Å². The number of anilines is 1. The fourth-order valence-electron chi connectivity index (χ4n) is 2.48. The highest BCUT2D eigenvalue weighted by Crippen LogP contribution is 2.16. The number of nitrogens with one attached hydrogen (secondary N) is 1. The number of ether oxygens (including phenoxy) is 1. The second-order valence-corrected chi connectivity index (χ2v) is 6.02. The average molecular weight is 386 g/mol. The maximum atomic E-state index is 12.4. The van der Waals surface area contributed by atoms with Gasteiger partial charge in [-0.3, -0.25) is 14.6 Å². The zero-order chi connectivity index (χ0) is 20.6. The van der Waals surface area contributed by atoms with Crippen LogP contribution >= 0.6 is 0 Å². The summed E-state index contributed by atoms with van der Waals surface area (Å²) in [6.07, 6.45) is 4.43. The van der Waals surface area contributed by atoms with Crippen LogP contribution in [-0.4, -0.2) is 21.8 Å². The van der Waals surface area contributed by atoms with Gasteiger partial charge in [0.2, 0.25) is 5.91 Å². The second-order valence-electron chi connectivity index (χ2n) is 6.02. The molecular weight excluding hydrogens is 368 g/mol. The Morgan fingerprint density at radius 3 is 2.72 bits per heavy atom. The molecule has 0 aliphatic rings. The molecule has 3 rings (SSSR count). The van der Waals surface area contributed by atoms with Gasteiger partial charge in [-0.1, -0.05) is 18.1 Å². The number of primary amides is 1. The van der Waals surface area contributed by atoms with E-state index in [9.17, 15) is 9.59 Å². The number of rotatable bonds is 6. The Labute approximate surface area is 168 Å². The zero-order valence-electron chi connectivity index (χ0n) is 15.7. The number of nitrogens with zero attached hydrogens (tertiary/aromatic N) is 2. The predicted molar refractivity (Wildman–Crippen MR) is 108 cm³/mol. The Bertz CT molecular complexity index is 1100. The summed E-state index contributed by atoms with van der Waals surface area (Å²) in [7, 11) is 0. The van der Waals surface area contributed by atoms with Crippen LogP contribution in [0.3, 0.4) is 0 Å². The van der Waals surface area contributed by atoms with E-state index in [2.05, 4.69) is 27.1 Å². The lowest BCUT2D eigenvalue weighted by Gasteiger charge is -2.09. The number of carbonyl (C=O) groups excluding carboxylic acids is 2. The highest BCUT2D eigenvalue weighted by Gasteiger charge is 2.08. The van der Waals surface area contributed by atoms with Gasteiger partial charge in [0.1, 0.15) is 18.1 Å². The smallest absolute Gasteiger partial charge is 0.274 e. The monoisotopic (exact) mass is 386 g/mol. The van der Waals surface area contributed by atoms with Crippen molar-refractivity contribution >= 4 is 17.5 Å². The summed E-state index contributed by atoms with van der Waals surface area (Å²) in [4.78, 5) is 31.7. The fraction of sp³-hybridized carbons (Fsp3) is 0.0909. The van der Waals surface area contributed by atoms with Crippen LogP contribution in [0.15, 0.2) is 61.1 Å². The van der Waals surface area contributed by atoms with Crippen molar-refractivity contribution in [3.05, 3.63) is 83.4 Å². The Morgan fingerprint density at radius 1 is 1.14 bits per heavy atom. The summed E-state index contributed by atoms with van der Waals surface area (Å²) < 4.78 is 5.66. The van der Waals surface area contributed by atoms with Crippen molar-refractivity contribution in [2.24, 2.45) is 5.73 Å². The first-order valence-electron chi connectivity index (χ1n) is 8.72. The first-order chi connectivity index (χ1) is 14.0. The summed E-state index contributed by atoms with van der Waals surface area (Å²) >= 11 is 0. The van der Waals surface area contributed by atoms with Crippen LogP contribution in [0.25, 0.3) is 0 Å². The van der Waals surface area contributed by atoms with E-state index < -0.39 is 5.91 Å². The zero-order valence-corrected chi connectivity index (χ0v) is 15.7.